The van der Waals surface area contributed by atoms with E-state index in [1.807, 2.05) is 0 Å². The third-order valence-corrected chi connectivity index (χ3v) is 4.31. The Morgan fingerprint density at radius 2 is 1.65 bits per heavy atom. The summed E-state index contributed by atoms with van der Waals surface area (Å²) in [4.78, 5) is 36.5. The van der Waals surface area contributed by atoms with E-state index in [1.54, 1.807) is 42.5 Å². The van der Waals surface area contributed by atoms with Crippen molar-refractivity contribution in [3.05, 3.63) is 65.5 Å². The molecule has 1 fully saturated rings. The number of hydrogen-bond donors (Lipinski definition) is 1. The van der Waals surface area contributed by atoms with Crippen LogP contribution in [0.4, 0.5) is 10.1 Å². The molecule has 0 saturated carbocycles. The predicted octanol–water partition coefficient (Wildman–Crippen LogP) is 3.05. The number of rotatable bonds is 6. The summed E-state index contributed by atoms with van der Waals surface area (Å²) >= 11 is 0. The standard InChI is InChI=1S/C20H19FN2O3/c21-17-4-2-1-3-15(17)7-10-18(24)22-16-8-5-14(6-9-16)13-23-19(25)11-12-20(23)26/h1-6,8-9H,7,10-13H2,(H,22,24). The summed E-state index contributed by atoms with van der Waals surface area (Å²) in [5.74, 6) is -0.817. The van der Waals surface area contributed by atoms with Gasteiger partial charge in [0, 0.05) is 24.9 Å². The number of carbonyl (C=O) groups excluding carboxylic acids is 3. The smallest absolute Gasteiger partial charge is 0.229 e. The first-order chi connectivity index (χ1) is 12.5. The van der Waals surface area contributed by atoms with Crippen LogP contribution in [-0.2, 0) is 27.3 Å². The average molecular weight is 354 g/mol. The topological polar surface area (TPSA) is 66.5 Å². The van der Waals surface area contributed by atoms with Crippen molar-refractivity contribution in [3.63, 3.8) is 0 Å². The molecule has 2 aromatic carbocycles. The third-order valence-electron chi connectivity index (χ3n) is 4.31. The highest BCUT2D eigenvalue weighted by atomic mass is 19.1. The molecule has 3 amide bonds. The minimum absolute atomic E-state index is 0.152. The second-order valence-electron chi connectivity index (χ2n) is 6.21. The van der Waals surface area contributed by atoms with Crippen LogP contribution in [0.25, 0.3) is 0 Å². The molecule has 3 rings (SSSR count). The van der Waals surface area contributed by atoms with Gasteiger partial charge in [0.1, 0.15) is 5.82 Å². The van der Waals surface area contributed by atoms with Gasteiger partial charge in [-0.1, -0.05) is 30.3 Å². The zero-order chi connectivity index (χ0) is 18.5. The molecule has 6 heteroatoms. The molecular weight excluding hydrogens is 335 g/mol. The molecule has 0 atom stereocenters. The Kier molecular flexibility index (Phi) is 5.41. The summed E-state index contributed by atoms with van der Waals surface area (Å²) < 4.78 is 13.5. The lowest BCUT2D eigenvalue weighted by Gasteiger charge is -2.14. The minimum atomic E-state index is -0.310. The van der Waals surface area contributed by atoms with E-state index in [-0.39, 0.29) is 49.3 Å². The highest BCUT2D eigenvalue weighted by Crippen LogP contribution is 2.18. The largest absolute Gasteiger partial charge is 0.326 e. The Balaban J connectivity index is 1.52. The number of anilines is 1. The Bertz CT molecular complexity index is 817. The molecule has 1 aliphatic rings. The van der Waals surface area contributed by atoms with Crippen molar-refractivity contribution in [1.82, 2.24) is 4.90 Å². The number of nitrogens with one attached hydrogen (secondary N) is 1. The van der Waals surface area contributed by atoms with Crippen molar-refractivity contribution < 1.29 is 18.8 Å². The molecule has 1 aliphatic heterocycles. The van der Waals surface area contributed by atoms with E-state index < -0.39 is 0 Å². The van der Waals surface area contributed by atoms with Crippen molar-refractivity contribution in [2.75, 3.05) is 5.32 Å². The summed E-state index contributed by atoms with van der Waals surface area (Å²) in [6.07, 6.45) is 1.05. The monoisotopic (exact) mass is 354 g/mol. The van der Waals surface area contributed by atoms with Crippen LogP contribution in [0.2, 0.25) is 0 Å². The van der Waals surface area contributed by atoms with Crippen LogP contribution in [0.1, 0.15) is 30.4 Å². The highest BCUT2D eigenvalue weighted by Gasteiger charge is 2.28. The lowest BCUT2D eigenvalue weighted by Crippen LogP contribution is -2.28. The van der Waals surface area contributed by atoms with Crippen molar-refractivity contribution in [1.29, 1.82) is 0 Å². The second-order valence-corrected chi connectivity index (χ2v) is 6.21. The molecule has 1 heterocycles. The molecule has 1 saturated heterocycles. The van der Waals surface area contributed by atoms with E-state index in [2.05, 4.69) is 5.32 Å². The molecule has 0 bridgehead atoms. The fourth-order valence-electron chi connectivity index (χ4n) is 2.85. The van der Waals surface area contributed by atoms with Crippen LogP contribution in [-0.4, -0.2) is 22.6 Å². The van der Waals surface area contributed by atoms with Gasteiger partial charge >= 0.3 is 0 Å². The molecule has 0 aliphatic carbocycles. The van der Waals surface area contributed by atoms with Gasteiger partial charge in [-0.25, -0.2) is 4.39 Å². The summed E-state index contributed by atoms with van der Waals surface area (Å²) in [5.41, 5.74) is 1.95. The van der Waals surface area contributed by atoms with Crippen LogP contribution >= 0.6 is 0 Å². The molecule has 26 heavy (non-hydrogen) atoms. The fraction of sp³-hybridized carbons (Fsp3) is 0.250. The number of nitrogens with zero attached hydrogens (tertiary/aromatic N) is 1. The van der Waals surface area contributed by atoms with Gasteiger partial charge in [-0.05, 0) is 35.7 Å². The quantitative estimate of drug-likeness (QED) is 0.811. The van der Waals surface area contributed by atoms with Crippen molar-refractivity contribution in [3.8, 4) is 0 Å². The van der Waals surface area contributed by atoms with Crippen LogP contribution < -0.4 is 5.32 Å². The molecule has 2 aromatic rings. The number of hydrogen-bond acceptors (Lipinski definition) is 3. The minimum Gasteiger partial charge on any atom is -0.326 e. The first-order valence-corrected chi connectivity index (χ1v) is 8.48. The first-order valence-electron chi connectivity index (χ1n) is 8.48. The van der Waals surface area contributed by atoms with Gasteiger partial charge in [0.2, 0.25) is 17.7 Å². The molecule has 5 nitrogen and oxygen atoms in total. The van der Waals surface area contributed by atoms with Gasteiger partial charge in [0.05, 0.1) is 6.54 Å². The summed E-state index contributed by atoms with van der Waals surface area (Å²) in [6.45, 7) is 0.249. The molecular formula is C20H19FN2O3. The van der Waals surface area contributed by atoms with Crippen LogP contribution in [0, 0.1) is 5.82 Å². The number of benzene rings is 2. The summed E-state index contributed by atoms with van der Waals surface area (Å²) in [6, 6.07) is 13.4. The van der Waals surface area contributed by atoms with E-state index in [4.69, 9.17) is 0 Å². The van der Waals surface area contributed by atoms with Gasteiger partial charge in [0.15, 0.2) is 0 Å². The van der Waals surface area contributed by atoms with E-state index in [0.717, 1.165) is 5.56 Å². The molecule has 1 N–H and O–H groups in total. The zero-order valence-electron chi connectivity index (χ0n) is 14.2. The van der Waals surface area contributed by atoms with E-state index in [0.29, 0.717) is 17.7 Å². The molecule has 0 spiro atoms. The van der Waals surface area contributed by atoms with Gasteiger partial charge in [-0.3, -0.25) is 19.3 Å². The normalized spacial score (nSPS) is 14.0. The van der Waals surface area contributed by atoms with Gasteiger partial charge in [0.25, 0.3) is 0 Å². The van der Waals surface area contributed by atoms with Crippen LogP contribution in [0.3, 0.4) is 0 Å². The maximum Gasteiger partial charge on any atom is 0.229 e. The lowest BCUT2D eigenvalue weighted by molar-refractivity contribution is -0.139. The molecule has 134 valence electrons. The number of carbonyl (C=O) groups is 3. The van der Waals surface area contributed by atoms with Crippen molar-refractivity contribution in [2.45, 2.75) is 32.2 Å². The second kappa shape index (κ2) is 7.91. The summed E-state index contributed by atoms with van der Waals surface area (Å²) in [5, 5.41) is 2.76. The number of aryl methyl sites for hydroxylation is 1. The number of amides is 3. The maximum atomic E-state index is 13.5. The SMILES string of the molecule is O=C(CCc1ccccc1F)Nc1ccc(CN2C(=O)CCC2=O)cc1. The molecule has 0 unspecified atom stereocenters. The zero-order valence-corrected chi connectivity index (χ0v) is 14.2. The lowest BCUT2D eigenvalue weighted by atomic mass is 10.1. The van der Waals surface area contributed by atoms with E-state index >= 15 is 0 Å². The van der Waals surface area contributed by atoms with Gasteiger partial charge < -0.3 is 5.32 Å². The fourth-order valence-corrected chi connectivity index (χ4v) is 2.85. The van der Waals surface area contributed by atoms with E-state index in [1.165, 1.54) is 11.0 Å². The molecule has 0 radical (unpaired) electrons. The Labute approximate surface area is 150 Å². The highest BCUT2D eigenvalue weighted by molar-refractivity contribution is 6.01. The maximum absolute atomic E-state index is 13.5. The Hall–Kier alpha value is -3.02. The predicted molar refractivity (Wildman–Crippen MR) is 94.6 cm³/mol. The average Bonchev–Trinajstić information content (AvgIpc) is 2.94. The van der Waals surface area contributed by atoms with Crippen LogP contribution in [0.5, 0.6) is 0 Å². The Morgan fingerprint density at radius 3 is 2.31 bits per heavy atom. The number of likely N-dealkylation sites (tertiary alicyclic amines) is 1. The first kappa shape index (κ1) is 17.8. The third kappa shape index (κ3) is 4.33. The number of halogens is 1. The van der Waals surface area contributed by atoms with E-state index in [9.17, 15) is 18.8 Å². The summed E-state index contributed by atoms with van der Waals surface area (Å²) in [7, 11) is 0. The number of imide groups is 1. The van der Waals surface area contributed by atoms with Crippen LogP contribution in [0.15, 0.2) is 48.5 Å². The van der Waals surface area contributed by atoms with Gasteiger partial charge in [-0.2, -0.15) is 0 Å². The van der Waals surface area contributed by atoms with Gasteiger partial charge in [-0.15, -0.1) is 0 Å². The van der Waals surface area contributed by atoms with Crippen molar-refractivity contribution in [2.24, 2.45) is 0 Å². The molecule has 0 aromatic heterocycles. The Morgan fingerprint density at radius 1 is 1.00 bits per heavy atom. The van der Waals surface area contributed by atoms with Crippen molar-refractivity contribution >= 4 is 23.4 Å².